The standard InChI is InChI=1S/C16H15F4N3O/c17-11-6-4-10(5-7-11)12-9-13(22-21-12)15(24)23-8-2-1-3-14(23)16(18,19)20/h4-7,9,14H,1-3,8H2,(H,21,22). The molecule has 1 atom stereocenters. The van der Waals surface area contributed by atoms with Crippen molar-refractivity contribution in [3.8, 4) is 11.3 Å². The molecule has 1 N–H and O–H groups in total. The minimum atomic E-state index is -4.45. The van der Waals surface area contributed by atoms with Crippen molar-refractivity contribution in [1.29, 1.82) is 0 Å². The number of carbonyl (C=O) groups is 1. The normalized spacial score (nSPS) is 18.7. The van der Waals surface area contributed by atoms with Crippen molar-refractivity contribution in [2.75, 3.05) is 6.54 Å². The summed E-state index contributed by atoms with van der Waals surface area (Å²) in [5.41, 5.74) is 0.933. The van der Waals surface area contributed by atoms with E-state index < -0.39 is 23.9 Å². The second-order valence-electron chi connectivity index (χ2n) is 5.73. The zero-order valence-corrected chi connectivity index (χ0v) is 12.6. The molecule has 1 aliphatic rings. The van der Waals surface area contributed by atoms with E-state index in [9.17, 15) is 22.4 Å². The fourth-order valence-electron chi connectivity index (χ4n) is 2.87. The van der Waals surface area contributed by atoms with Crippen LogP contribution < -0.4 is 0 Å². The lowest BCUT2D eigenvalue weighted by Gasteiger charge is -2.36. The summed E-state index contributed by atoms with van der Waals surface area (Å²) >= 11 is 0. The van der Waals surface area contributed by atoms with Crippen LogP contribution in [0.3, 0.4) is 0 Å². The summed E-state index contributed by atoms with van der Waals surface area (Å²) in [6.45, 7) is 0.0634. The first-order valence-corrected chi connectivity index (χ1v) is 7.55. The van der Waals surface area contributed by atoms with E-state index in [2.05, 4.69) is 10.2 Å². The third-order valence-electron chi connectivity index (χ3n) is 4.09. The van der Waals surface area contributed by atoms with Crippen LogP contribution in [0.4, 0.5) is 17.6 Å². The Morgan fingerprint density at radius 2 is 1.92 bits per heavy atom. The fraction of sp³-hybridized carbons (Fsp3) is 0.375. The maximum Gasteiger partial charge on any atom is 0.408 e. The number of carbonyl (C=O) groups excluding carboxylic acids is 1. The van der Waals surface area contributed by atoms with E-state index in [1.54, 1.807) is 0 Å². The number of aromatic nitrogens is 2. The number of H-pyrrole nitrogens is 1. The van der Waals surface area contributed by atoms with Gasteiger partial charge in [0.25, 0.3) is 5.91 Å². The van der Waals surface area contributed by atoms with E-state index in [0.29, 0.717) is 24.1 Å². The van der Waals surface area contributed by atoms with Gasteiger partial charge in [-0.2, -0.15) is 18.3 Å². The predicted molar refractivity (Wildman–Crippen MR) is 78.7 cm³/mol. The highest BCUT2D eigenvalue weighted by atomic mass is 19.4. The van der Waals surface area contributed by atoms with Crippen LogP contribution in [0.25, 0.3) is 11.3 Å². The lowest BCUT2D eigenvalue weighted by Crippen LogP contribution is -2.51. The van der Waals surface area contributed by atoms with Gasteiger partial charge in [0.2, 0.25) is 0 Å². The molecule has 4 nitrogen and oxygen atoms in total. The molecule has 1 aromatic carbocycles. The molecule has 1 amide bonds. The fourth-order valence-corrected chi connectivity index (χ4v) is 2.87. The van der Waals surface area contributed by atoms with Crippen LogP contribution in [0.15, 0.2) is 30.3 Å². The number of nitrogens with zero attached hydrogens (tertiary/aromatic N) is 2. The van der Waals surface area contributed by atoms with E-state index in [-0.39, 0.29) is 18.7 Å². The van der Waals surface area contributed by atoms with Gasteiger partial charge in [-0.15, -0.1) is 0 Å². The van der Waals surface area contributed by atoms with Gasteiger partial charge in [0.05, 0.1) is 5.69 Å². The van der Waals surface area contributed by atoms with E-state index in [1.807, 2.05) is 0 Å². The lowest BCUT2D eigenvalue weighted by molar-refractivity contribution is -0.183. The van der Waals surface area contributed by atoms with Crippen LogP contribution in [-0.2, 0) is 0 Å². The molecule has 0 bridgehead atoms. The zero-order chi connectivity index (χ0) is 17.3. The van der Waals surface area contributed by atoms with Crippen molar-refractivity contribution in [2.24, 2.45) is 0 Å². The molecule has 1 aromatic heterocycles. The van der Waals surface area contributed by atoms with Gasteiger partial charge < -0.3 is 4.90 Å². The van der Waals surface area contributed by atoms with Gasteiger partial charge in [0.15, 0.2) is 0 Å². The molecule has 3 rings (SSSR count). The number of aromatic amines is 1. The average Bonchev–Trinajstić information content (AvgIpc) is 3.04. The minimum Gasteiger partial charge on any atom is -0.325 e. The van der Waals surface area contributed by atoms with Crippen LogP contribution in [0.1, 0.15) is 29.8 Å². The molecule has 1 aliphatic heterocycles. The van der Waals surface area contributed by atoms with E-state index in [1.165, 1.54) is 30.3 Å². The van der Waals surface area contributed by atoms with Crippen LogP contribution in [0, 0.1) is 5.82 Å². The van der Waals surface area contributed by atoms with Gasteiger partial charge in [-0.3, -0.25) is 9.89 Å². The summed E-state index contributed by atoms with van der Waals surface area (Å²) in [5, 5.41) is 6.43. The second-order valence-corrected chi connectivity index (χ2v) is 5.73. The monoisotopic (exact) mass is 341 g/mol. The summed E-state index contributed by atoms with van der Waals surface area (Å²) in [5.74, 6) is -1.13. The van der Waals surface area contributed by atoms with Crippen LogP contribution >= 0.6 is 0 Å². The van der Waals surface area contributed by atoms with Gasteiger partial charge in [0.1, 0.15) is 17.6 Å². The molecular weight excluding hydrogens is 326 g/mol. The van der Waals surface area contributed by atoms with E-state index in [4.69, 9.17) is 0 Å². The summed E-state index contributed by atoms with van der Waals surface area (Å²) < 4.78 is 52.3. The number of hydrogen-bond acceptors (Lipinski definition) is 2. The molecular formula is C16H15F4N3O. The van der Waals surface area contributed by atoms with Gasteiger partial charge in [-0.25, -0.2) is 4.39 Å². The Kier molecular flexibility index (Phi) is 4.29. The number of rotatable bonds is 2. The number of alkyl halides is 3. The summed E-state index contributed by atoms with van der Waals surface area (Å²) in [6.07, 6.45) is -3.56. The molecule has 1 saturated heterocycles. The average molecular weight is 341 g/mol. The first kappa shape index (κ1) is 16.5. The highest BCUT2D eigenvalue weighted by Gasteiger charge is 2.46. The molecule has 1 unspecified atom stereocenters. The minimum absolute atomic E-state index is 0.00882. The molecule has 0 spiro atoms. The Hall–Kier alpha value is -2.38. The smallest absolute Gasteiger partial charge is 0.325 e. The van der Waals surface area contributed by atoms with Crippen LogP contribution in [-0.4, -0.2) is 39.8 Å². The van der Waals surface area contributed by atoms with Crippen molar-refractivity contribution in [2.45, 2.75) is 31.5 Å². The van der Waals surface area contributed by atoms with Crippen LogP contribution in [0.2, 0.25) is 0 Å². The summed E-state index contributed by atoms with van der Waals surface area (Å²) in [7, 11) is 0. The molecule has 24 heavy (non-hydrogen) atoms. The molecule has 128 valence electrons. The molecule has 0 radical (unpaired) electrons. The third kappa shape index (κ3) is 3.27. The number of nitrogens with one attached hydrogen (secondary N) is 1. The zero-order valence-electron chi connectivity index (χ0n) is 12.6. The highest BCUT2D eigenvalue weighted by Crippen LogP contribution is 2.32. The highest BCUT2D eigenvalue weighted by molar-refractivity contribution is 5.93. The maximum atomic E-state index is 13.1. The molecule has 0 saturated carbocycles. The molecule has 2 heterocycles. The van der Waals surface area contributed by atoms with Crippen LogP contribution in [0.5, 0.6) is 0 Å². The molecule has 0 aliphatic carbocycles. The Labute approximate surface area is 135 Å². The number of hydrogen-bond donors (Lipinski definition) is 1. The van der Waals surface area contributed by atoms with Gasteiger partial charge in [-0.1, -0.05) is 0 Å². The number of likely N-dealkylation sites (tertiary alicyclic amines) is 1. The first-order chi connectivity index (χ1) is 11.4. The number of piperidine rings is 1. The van der Waals surface area contributed by atoms with E-state index >= 15 is 0 Å². The summed E-state index contributed by atoms with van der Waals surface area (Å²) in [6, 6.07) is 5.08. The van der Waals surface area contributed by atoms with Crippen molar-refractivity contribution in [3.63, 3.8) is 0 Å². The molecule has 8 heteroatoms. The maximum absolute atomic E-state index is 13.1. The molecule has 2 aromatic rings. The third-order valence-corrected chi connectivity index (χ3v) is 4.09. The number of halogens is 4. The van der Waals surface area contributed by atoms with Crippen molar-refractivity contribution in [3.05, 3.63) is 41.8 Å². The number of amides is 1. The van der Waals surface area contributed by atoms with Crippen molar-refractivity contribution < 1.29 is 22.4 Å². The Balaban J connectivity index is 1.83. The Morgan fingerprint density at radius 3 is 2.58 bits per heavy atom. The lowest BCUT2D eigenvalue weighted by atomic mass is 10.0. The van der Waals surface area contributed by atoms with Gasteiger partial charge in [0, 0.05) is 12.1 Å². The Bertz CT molecular complexity index is 724. The predicted octanol–water partition coefficient (Wildman–Crippen LogP) is 3.77. The quantitative estimate of drug-likeness (QED) is 0.845. The van der Waals surface area contributed by atoms with Gasteiger partial charge >= 0.3 is 6.18 Å². The van der Waals surface area contributed by atoms with Crippen molar-refractivity contribution >= 4 is 5.91 Å². The topological polar surface area (TPSA) is 49.0 Å². The first-order valence-electron chi connectivity index (χ1n) is 7.55. The van der Waals surface area contributed by atoms with Crippen molar-refractivity contribution in [1.82, 2.24) is 15.1 Å². The van der Waals surface area contributed by atoms with E-state index in [0.717, 1.165) is 4.90 Å². The number of benzene rings is 1. The largest absolute Gasteiger partial charge is 0.408 e. The van der Waals surface area contributed by atoms with Gasteiger partial charge in [-0.05, 0) is 49.6 Å². The second kappa shape index (κ2) is 6.26. The summed E-state index contributed by atoms with van der Waals surface area (Å²) in [4.78, 5) is 13.3. The molecule has 1 fully saturated rings. The Morgan fingerprint density at radius 1 is 1.21 bits per heavy atom. The SMILES string of the molecule is O=C(c1cc(-c2ccc(F)cc2)n[nH]1)N1CCCCC1C(F)(F)F.